The smallest absolute Gasteiger partial charge is 0.339 e. The summed E-state index contributed by atoms with van der Waals surface area (Å²) >= 11 is 1.45. The van der Waals surface area contributed by atoms with E-state index in [9.17, 15) is 13.2 Å². The Morgan fingerprint density at radius 2 is 1.83 bits per heavy atom. The third-order valence-electron chi connectivity index (χ3n) is 5.74. The Labute approximate surface area is 208 Å². The average Bonchev–Trinajstić information content (AvgIpc) is 3.40. The monoisotopic (exact) mass is 508 g/mol. The van der Waals surface area contributed by atoms with Gasteiger partial charge in [-0.15, -0.1) is 11.3 Å². The zero-order valence-electron chi connectivity index (χ0n) is 19.4. The van der Waals surface area contributed by atoms with Crippen molar-refractivity contribution in [1.29, 1.82) is 0 Å². The first-order valence-corrected chi connectivity index (χ1v) is 13.0. The lowest BCUT2D eigenvalue weighted by molar-refractivity contribution is 0.0595. The van der Waals surface area contributed by atoms with Gasteiger partial charge in [-0.05, 0) is 65.4 Å². The van der Waals surface area contributed by atoms with Gasteiger partial charge in [0.05, 0.1) is 29.6 Å². The maximum absolute atomic E-state index is 13.9. The summed E-state index contributed by atoms with van der Waals surface area (Å²) < 4.78 is 38.1. The van der Waals surface area contributed by atoms with E-state index < -0.39 is 15.8 Å². The lowest BCUT2D eigenvalue weighted by atomic mass is 9.90. The Hall–Kier alpha value is -3.69. The van der Waals surface area contributed by atoms with Crippen LogP contribution in [-0.2, 0) is 21.0 Å². The minimum Gasteiger partial charge on any atom is -0.497 e. The molecule has 2 aromatic carbocycles. The number of nitrogen functional groups attached to an aromatic ring is 1. The van der Waals surface area contributed by atoms with Crippen molar-refractivity contribution in [2.45, 2.75) is 23.1 Å². The standard InChI is InChI=1S/C26H24N2O5S2/c1-16-24(27)22(21-7-5-13-34-21)20(14-17-6-4-12-28-15-17)23(26(29)33-3)25(16)35(30,31)19-10-8-18(32-2)9-11-19/h4-13,15H,14,27H2,1-3H3. The van der Waals surface area contributed by atoms with Gasteiger partial charge >= 0.3 is 5.97 Å². The number of ether oxygens (including phenoxy) is 2. The number of sulfone groups is 1. The Morgan fingerprint density at radius 3 is 2.40 bits per heavy atom. The number of aromatic nitrogens is 1. The molecular weight excluding hydrogens is 484 g/mol. The first kappa shape index (κ1) is 24.4. The highest BCUT2D eigenvalue weighted by molar-refractivity contribution is 7.91. The fraction of sp³-hybridized carbons (Fsp3) is 0.154. The SMILES string of the molecule is COC(=O)c1c(Cc2cccnc2)c(-c2cccs2)c(N)c(C)c1S(=O)(=O)c1ccc(OC)cc1. The normalized spacial score (nSPS) is 11.3. The zero-order chi connectivity index (χ0) is 25.2. The molecule has 0 saturated carbocycles. The van der Waals surface area contributed by atoms with Crippen molar-refractivity contribution in [1.82, 2.24) is 4.98 Å². The highest BCUT2D eigenvalue weighted by Gasteiger charge is 2.34. The van der Waals surface area contributed by atoms with Crippen LogP contribution in [0.2, 0.25) is 0 Å². The van der Waals surface area contributed by atoms with E-state index in [-0.39, 0.29) is 21.8 Å². The van der Waals surface area contributed by atoms with Crippen LogP contribution in [0.5, 0.6) is 5.75 Å². The fourth-order valence-electron chi connectivity index (χ4n) is 4.03. The number of hydrogen-bond donors (Lipinski definition) is 1. The molecule has 0 spiro atoms. The van der Waals surface area contributed by atoms with Crippen molar-refractivity contribution in [2.75, 3.05) is 20.0 Å². The van der Waals surface area contributed by atoms with E-state index in [4.69, 9.17) is 15.2 Å². The Bertz CT molecular complexity index is 1460. The van der Waals surface area contributed by atoms with Crippen LogP contribution in [0, 0.1) is 6.92 Å². The van der Waals surface area contributed by atoms with E-state index in [1.54, 1.807) is 37.5 Å². The second kappa shape index (κ2) is 9.89. The van der Waals surface area contributed by atoms with Gasteiger partial charge in [-0.25, -0.2) is 13.2 Å². The molecule has 0 aliphatic rings. The van der Waals surface area contributed by atoms with Crippen molar-refractivity contribution in [3.8, 4) is 16.2 Å². The molecule has 0 atom stereocenters. The fourth-order valence-corrected chi connectivity index (χ4v) is 6.56. The number of esters is 1. The van der Waals surface area contributed by atoms with E-state index >= 15 is 0 Å². The highest BCUT2D eigenvalue weighted by atomic mass is 32.2. The number of carbonyl (C=O) groups excluding carboxylic acids is 1. The van der Waals surface area contributed by atoms with Crippen LogP contribution in [0.25, 0.3) is 10.4 Å². The number of nitrogens with two attached hydrogens (primary N) is 1. The van der Waals surface area contributed by atoms with Crippen LogP contribution in [0.3, 0.4) is 0 Å². The third-order valence-corrected chi connectivity index (χ3v) is 8.57. The molecule has 35 heavy (non-hydrogen) atoms. The van der Waals surface area contributed by atoms with Crippen molar-refractivity contribution >= 4 is 32.8 Å². The van der Waals surface area contributed by atoms with Crippen LogP contribution in [0.4, 0.5) is 5.69 Å². The Kier molecular flexibility index (Phi) is 6.90. The lowest BCUT2D eigenvalue weighted by Gasteiger charge is -2.22. The molecule has 0 aliphatic heterocycles. The molecule has 2 heterocycles. The van der Waals surface area contributed by atoms with E-state index in [0.717, 1.165) is 10.4 Å². The molecule has 4 rings (SSSR count). The number of carbonyl (C=O) groups is 1. The molecule has 0 amide bonds. The number of rotatable bonds is 7. The lowest BCUT2D eigenvalue weighted by Crippen LogP contribution is -2.19. The summed E-state index contributed by atoms with van der Waals surface area (Å²) in [7, 11) is -1.42. The molecule has 9 heteroatoms. The summed E-state index contributed by atoms with van der Waals surface area (Å²) in [6.07, 6.45) is 3.56. The van der Waals surface area contributed by atoms with Crippen molar-refractivity contribution in [2.24, 2.45) is 0 Å². The van der Waals surface area contributed by atoms with Gasteiger partial charge in [0.2, 0.25) is 9.84 Å². The topological polar surface area (TPSA) is 109 Å². The number of thiophene rings is 1. The number of methoxy groups -OCH3 is 2. The first-order chi connectivity index (χ1) is 16.8. The van der Waals surface area contributed by atoms with Gasteiger partial charge in [0.1, 0.15) is 5.75 Å². The number of pyridine rings is 1. The van der Waals surface area contributed by atoms with E-state index in [0.29, 0.717) is 28.1 Å². The summed E-state index contributed by atoms with van der Waals surface area (Å²) in [4.78, 5) is 18.1. The van der Waals surface area contributed by atoms with Crippen LogP contribution in [0.15, 0.2) is 76.1 Å². The van der Waals surface area contributed by atoms with Gasteiger partial charge in [0, 0.05) is 34.9 Å². The van der Waals surface area contributed by atoms with Gasteiger partial charge < -0.3 is 15.2 Å². The summed E-state index contributed by atoms with van der Waals surface area (Å²) in [6.45, 7) is 1.61. The minimum absolute atomic E-state index is 0.0159. The average molecular weight is 509 g/mol. The first-order valence-electron chi connectivity index (χ1n) is 10.6. The summed E-state index contributed by atoms with van der Waals surface area (Å²) in [5.41, 5.74) is 9.07. The number of nitrogens with zero attached hydrogens (tertiary/aromatic N) is 1. The number of hydrogen-bond acceptors (Lipinski definition) is 8. The predicted octanol–water partition coefficient (Wildman–Crippen LogP) is 4.92. The van der Waals surface area contributed by atoms with Gasteiger partial charge in [0.25, 0.3) is 0 Å². The largest absolute Gasteiger partial charge is 0.497 e. The molecule has 2 N–H and O–H groups in total. The van der Waals surface area contributed by atoms with Crippen LogP contribution >= 0.6 is 11.3 Å². The van der Waals surface area contributed by atoms with Gasteiger partial charge in [0.15, 0.2) is 0 Å². The van der Waals surface area contributed by atoms with Crippen LogP contribution in [0.1, 0.15) is 27.0 Å². The molecule has 180 valence electrons. The molecule has 0 bridgehead atoms. The van der Waals surface area contributed by atoms with Crippen molar-refractivity contribution < 1.29 is 22.7 Å². The number of benzene rings is 2. The minimum atomic E-state index is -4.15. The Morgan fingerprint density at radius 1 is 1.09 bits per heavy atom. The van der Waals surface area contributed by atoms with E-state index in [1.165, 1.54) is 37.7 Å². The number of anilines is 1. The molecule has 0 fully saturated rings. The summed E-state index contributed by atoms with van der Waals surface area (Å²) in [5, 5.41) is 1.90. The second-order valence-electron chi connectivity index (χ2n) is 7.78. The molecule has 0 saturated heterocycles. The highest BCUT2D eigenvalue weighted by Crippen LogP contribution is 2.43. The molecule has 4 aromatic rings. The van der Waals surface area contributed by atoms with Crippen molar-refractivity contribution in [3.63, 3.8) is 0 Å². The quantitative estimate of drug-likeness (QED) is 0.279. The summed E-state index contributed by atoms with van der Waals surface area (Å²) in [6, 6.07) is 13.4. The molecular formula is C26H24N2O5S2. The van der Waals surface area contributed by atoms with Crippen LogP contribution < -0.4 is 10.5 Å². The van der Waals surface area contributed by atoms with E-state index in [2.05, 4.69) is 4.98 Å². The molecule has 0 aliphatic carbocycles. The molecule has 0 radical (unpaired) electrons. The van der Waals surface area contributed by atoms with Gasteiger partial charge in [-0.3, -0.25) is 4.98 Å². The van der Waals surface area contributed by atoms with Gasteiger partial charge in [-0.1, -0.05) is 12.1 Å². The molecule has 7 nitrogen and oxygen atoms in total. The second-order valence-corrected chi connectivity index (χ2v) is 10.6. The van der Waals surface area contributed by atoms with E-state index in [1.807, 2.05) is 23.6 Å². The maximum Gasteiger partial charge on any atom is 0.339 e. The zero-order valence-corrected chi connectivity index (χ0v) is 21.1. The van der Waals surface area contributed by atoms with Crippen molar-refractivity contribution in [3.05, 3.63) is 88.6 Å². The molecule has 0 unspecified atom stereocenters. The third kappa shape index (κ3) is 4.52. The maximum atomic E-state index is 13.9. The predicted molar refractivity (Wildman–Crippen MR) is 136 cm³/mol. The van der Waals surface area contributed by atoms with Gasteiger partial charge in [-0.2, -0.15) is 0 Å². The Balaban J connectivity index is 2.09. The summed E-state index contributed by atoms with van der Waals surface area (Å²) in [5.74, 6) is -0.240. The molecule has 2 aromatic heterocycles. The van der Waals surface area contributed by atoms with Crippen LogP contribution in [-0.4, -0.2) is 33.6 Å².